The van der Waals surface area contributed by atoms with Crippen molar-refractivity contribution in [1.29, 1.82) is 0 Å². The summed E-state index contributed by atoms with van der Waals surface area (Å²) in [6, 6.07) is 5.09. The van der Waals surface area contributed by atoms with Crippen LogP contribution in [0.3, 0.4) is 0 Å². The SMILES string of the molecule is CCOc1cccc(N)c1C(=O)NCc1noc(C)n1. The maximum atomic E-state index is 12.2. The largest absolute Gasteiger partial charge is 0.493 e. The highest BCUT2D eigenvalue weighted by molar-refractivity contribution is 6.01. The first-order chi connectivity index (χ1) is 9.61. The van der Waals surface area contributed by atoms with Crippen LogP contribution in [-0.2, 0) is 6.54 Å². The van der Waals surface area contributed by atoms with Crippen LogP contribution in [0.4, 0.5) is 5.69 Å². The minimum Gasteiger partial charge on any atom is -0.493 e. The third-order valence-electron chi connectivity index (χ3n) is 2.56. The van der Waals surface area contributed by atoms with Crippen molar-refractivity contribution in [3.05, 3.63) is 35.5 Å². The maximum absolute atomic E-state index is 12.2. The molecule has 20 heavy (non-hydrogen) atoms. The lowest BCUT2D eigenvalue weighted by atomic mass is 10.1. The van der Waals surface area contributed by atoms with Gasteiger partial charge in [0.1, 0.15) is 11.3 Å². The number of rotatable bonds is 5. The lowest BCUT2D eigenvalue weighted by Gasteiger charge is -2.11. The number of nitrogens with one attached hydrogen (secondary N) is 1. The Morgan fingerprint density at radius 2 is 2.30 bits per heavy atom. The second-order valence-electron chi connectivity index (χ2n) is 4.07. The Hall–Kier alpha value is -2.57. The van der Waals surface area contributed by atoms with E-state index < -0.39 is 0 Å². The van der Waals surface area contributed by atoms with Gasteiger partial charge < -0.3 is 20.3 Å². The normalized spacial score (nSPS) is 10.3. The Morgan fingerprint density at radius 3 is 2.95 bits per heavy atom. The van der Waals surface area contributed by atoms with Crippen LogP contribution in [0.2, 0.25) is 0 Å². The number of carbonyl (C=O) groups excluding carboxylic acids is 1. The first-order valence-electron chi connectivity index (χ1n) is 6.20. The molecule has 0 aliphatic carbocycles. The van der Waals surface area contributed by atoms with Crippen LogP contribution < -0.4 is 15.8 Å². The predicted octanol–water partition coefficient (Wildman–Crippen LogP) is 1.29. The van der Waals surface area contributed by atoms with Crippen molar-refractivity contribution in [1.82, 2.24) is 15.5 Å². The summed E-state index contributed by atoms with van der Waals surface area (Å²) in [7, 11) is 0. The highest BCUT2D eigenvalue weighted by atomic mass is 16.5. The van der Waals surface area contributed by atoms with E-state index in [9.17, 15) is 4.79 Å². The lowest BCUT2D eigenvalue weighted by Crippen LogP contribution is -2.25. The third kappa shape index (κ3) is 3.05. The molecule has 0 aliphatic heterocycles. The number of aryl methyl sites for hydroxylation is 1. The van der Waals surface area contributed by atoms with E-state index in [-0.39, 0.29) is 12.5 Å². The van der Waals surface area contributed by atoms with Crippen molar-refractivity contribution in [2.45, 2.75) is 20.4 Å². The molecule has 0 saturated heterocycles. The molecule has 1 amide bonds. The summed E-state index contributed by atoms with van der Waals surface area (Å²) in [6.45, 7) is 4.14. The highest BCUT2D eigenvalue weighted by Crippen LogP contribution is 2.24. The van der Waals surface area contributed by atoms with E-state index in [2.05, 4.69) is 15.5 Å². The van der Waals surface area contributed by atoms with E-state index in [4.69, 9.17) is 15.0 Å². The molecule has 0 unspecified atom stereocenters. The van der Waals surface area contributed by atoms with Gasteiger partial charge in [-0.1, -0.05) is 11.2 Å². The average Bonchev–Trinajstić information content (AvgIpc) is 2.82. The fraction of sp³-hybridized carbons (Fsp3) is 0.308. The molecule has 3 N–H and O–H groups in total. The molecule has 0 bridgehead atoms. The summed E-state index contributed by atoms with van der Waals surface area (Å²) in [5, 5.41) is 6.38. The standard InChI is InChI=1S/C13H16N4O3/c1-3-19-10-6-4-5-9(14)12(10)13(18)15-7-11-16-8(2)20-17-11/h4-6H,3,7,14H2,1-2H3,(H,15,18). The fourth-order valence-corrected chi connectivity index (χ4v) is 1.73. The number of ether oxygens (including phenoxy) is 1. The molecule has 2 rings (SSSR count). The van der Waals surface area contributed by atoms with Crippen molar-refractivity contribution < 1.29 is 14.1 Å². The van der Waals surface area contributed by atoms with E-state index >= 15 is 0 Å². The van der Waals surface area contributed by atoms with Gasteiger partial charge in [-0.05, 0) is 19.1 Å². The number of benzene rings is 1. The van der Waals surface area contributed by atoms with Crippen LogP contribution in [-0.4, -0.2) is 22.7 Å². The quantitative estimate of drug-likeness (QED) is 0.797. The van der Waals surface area contributed by atoms with Crippen molar-refractivity contribution in [2.24, 2.45) is 0 Å². The number of nitrogens with two attached hydrogens (primary N) is 1. The molecule has 1 aromatic heterocycles. The molecular formula is C13H16N4O3. The summed E-state index contributed by atoms with van der Waals surface area (Å²) in [5.41, 5.74) is 6.51. The number of hydrogen-bond donors (Lipinski definition) is 2. The number of nitrogens with zero attached hydrogens (tertiary/aromatic N) is 2. The van der Waals surface area contributed by atoms with Crippen molar-refractivity contribution in [3.63, 3.8) is 0 Å². The minimum atomic E-state index is -0.339. The number of amides is 1. The van der Waals surface area contributed by atoms with Crippen LogP contribution in [0.1, 0.15) is 29.0 Å². The Balaban J connectivity index is 2.12. The summed E-state index contributed by atoms with van der Waals surface area (Å²) in [4.78, 5) is 16.2. The Labute approximate surface area is 116 Å². The van der Waals surface area contributed by atoms with Gasteiger partial charge in [-0.25, -0.2) is 0 Å². The molecule has 2 aromatic rings. The topological polar surface area (TPSA) is 103 Å². The van der Waals surface area contributed by atoms with E-state index in [1.54, 1.807) is 25.1 Å². The van der Waals surface area contributed by atoms with Gasteiger partial charge in [0.2, 0.25) is 5.89 Å². The molecule has 0 radical (unpaired) electrons. The lowest BCUT2D eigenvalue weighted by molar-refractivity contribution is 0.0947. The maximum Gasteiger partial charge on any atom is 0.257 e. The zero-order chi connectivity index (χ0) is 14.5. The Morgan fingerprint density at radius 1 is 1.50 bits per heavy atom. The van der Waals surface area contributed by atoms with Crippen molar-refractivity contribution in [3.8, 4) is 5.75 Å². The van der Waals surface area contributed by atoms with Gasteiger partial charge in [0, 0.05) is 12.6 Å². The van der Waals surface area contributed by atoms with E-state index in [1.165, 1.54) is 0 Å². The summed E-state index contributed by atoms with van der Waals surface area (Å²) >= 11 is 0. The first kappa shape index (κ1) is 13.9. The first-order valence-corrected chi connectivity index (χ1v) is 6.20. The van der Waals surface area contributed by atoms with E-state index in [0.717, 1.165) is 0 Å². The molecule has 0 spiro atoms. The molecular weight excluding hydrogens is 260 g/mol. The molecule has 1 aromatic carbocycles. The molecule has 1 heterocycles. The zero-order valence-corrected chi connectivity index (χ0v) is 11.3. The summed E-state index contributed by atoms with van der Waals surface area (Å²) in [5.74, 6) is 0.968. The molecule has 0 fully saturated rings. The number of nitrogen functional groups attached to an aromatic ring is 1. The van der Waals surface area contributed by atoms with Crippen LogP contribution in [0, 0.1) is 6.92 Å². The number of anilines is 1. The van der Waals surface area contributed by atoms with Gasteiger partial charge >= 0.3 is 0 Å². The number of hydrogen-bond acceptors (Lipinski definition) is 6. The summed E-state index contributed by atoms with van der Waals surface area (Å²) in [6.07, 6.45) is 0. The van der Waals surface area contributed by atoms with E-state index in [0.29, 0.717) is 35.3 Å². The zero-order valence-electron chi connectivity index (χ0n) is 11.3. The van der Waals surface area contributed by atoms with Gasteiger partial charge in [0.05, 0.1) is 13.2 Å². The van der Waals surface area contributed by atoms with Gasteiger partial charge in [0.15, 0.2) is 5.82 Å². The average molecular weight is 276 g/mol. The Kier molecular flexibility index (Phi) is 4.19. The van der Waals surface area contributed by atoms with Crippen LogP contribution in [0.15, 0.2) is 22.7 Å². The highest BCUT2D eigenvalue weighted by Gasteiger charge is 2.16. The predicted molar refractivity (Wildman–Crippen MR) is 72.2 cm³/mol. The van der Waals surface area contributed by atoms with Crippen LogP contribution in [0.5, 0.6) is 5.75 Å². The molecule has 0 saturated carbocycles. The van der Waals surface area contributed by atoms with Crippen molar-refractivity contribution >= 4 is 11.6 Å². The molecule has 7 heteroatoms. The van der Waals surface area contributed by atoms with Crippen LogP contribution in [0.25, 0.3) is 0 Å². The van der Waals surface area contributed by atoms with E-state index in [1.807, 2.05) is 6.92 Å². The van der Waals surface area contributed by atoms with Gasteiger partial charge in [-0.15, -0.1) is 0 Å². The van der Waals surface area contributed by atoms with Gasteiger partial charge in [-0.2, -0.15) is 4.98 Å². The second kappa shape index (κ2) is 6.05. The second-order valence-corrected chi connectivity index (χ2v) is 4.07. The molecule has 7 nitrogen and oxygen atoms in total. The third-order valence-corrected chi connectivity index (χ3v) is 2.56. The van der Waals surface area contributed by atoms with Gasteiger partial charge in [-0.3, -0.25) is 4.79 Å². The molecule has 0 aliphatic rings. The van der Waals surface area contributed by atoms with Gasteiger partial charge in [0.25, 0.3) is 5.91 Å². The monoisotopic (exact) mass is 276 g/mol. The molecule has 0 atom stereocenters. The number of carbonyl (C=O) groups is 1. The summed E-state index contributed by atoms with van der Waals surface area (Å²) < 4.78 is 10.2. The minimum absolute atomic E-state index is 0.163. The number of aromatic nitrogens is 2. The van der Waals surface area contributed by atoms with Crippen LogP contribution >= 0.6 is 0 Å². The van der Waals surface area contributed by atoms with Crippen molar-refractivity contribution in [2.75, 3.05) is 12.3 Å². The Bertz CT molecular complexity index is 609. The fourth-order valence-electron chi connectivity index (χ4n) is 1.73. The molecule has 106 valence electrons. The smallest absolute Gasteiger partial charge is 0.257 e.